The van der Waals surface area contributed by atoms with E-state index in [1.807, 2.05) is 0 Å². The molecule has 0 aromatic heterocycles. The average molecular weight is 300 g/mol. The maximum atomic E-state index is 5.96. The molecule has 0 saturated carbocycles. The average Bonchev–Trinajstić information content (AvgIpc) is 2.42. The van der Waals surface area contributed by atoms with E-state index in [0.29, 0.717) is 10.8 Å². The molecule has 0 aromatic rings. The number of ether oxygens (including phenoxy) is 1. The predicted molar refractivity (Wildman–Crippen MR) is 94.7 cm³/mol. The van der Waals surface area contributed by atoms with Gasteiger partial charge in [-0.2, -0.15) is 0 Å². The Morgan fingerprint density at radius 2 is 1.62 bits per heavy atom. The van der Waals surface area contributed by atoms with Crippen LogP contribution in [-0.4, -0.2) is 31.3 Å². The molecular weight excluding hydrogens is 258 g/mol. The van der Waals surface area contributed by atoms with E-state index in [1.54, 1.807) is 0 Å². The molecule has 0 spiro atoms. The van der Waals surface area contributed by atoms with Gasteiger partial charge >= 0.3 is 0 Å². The van der Waals surface area contributed by atoms with Crippen molar-refractivity contribution in [1.29, 1.82) is 0 Å². The van der Waals surface area contributed by atoms with E-state index in [0.717, 1.165) is 13.2 Å². The molecule has 2 atom stereocenters. The van der Waals surface area contributed by atoms with E-state index in [4.69, 9.17) is 4.74 Å². The number of unbranched alkanes of at least 4 members (excludes halogenated alkanes) is 3. The standard InChI is InChI=1S/C19H41NO/c1-9-11-12-13-16-21-17(3)20(8)15-14-19(7,10-2)18(4,5)6/h17H,9-16H2,1-8H3. The van der Waals surface area contributed by atoms with Crippen LogP contribution in [0.2, 0.25) is 0 Å². The Morgan fingerprint density at radius 3 is 2.10 bits per heavy atom. The first-order valence-corrected chi connectivity index (χ1v) is 8.99. The predicted octanol–water partition coefficient (Wildman–Crippen LogP) is 5.71. The highest BCUT2D eigenvalue weighted by Crippen LogP contribution is 2.44. The molecule has 0 aliphatic carbocycles. The highest BCUT2D eigenvalue weighted by molar-refractivity contribution is 4.86. The van der Waals surface area contributed by atoms with Gasteiger partial charge in [-0.15, -0.1) is 0 Å². The van der Waals surface area contributed by atoms with Gasteiger partial charge in [-0.1, -0.05) is 67.2 Å². The van der Waals surface area contributed by atoms with E-state index in [2.05, 4.69) is 60.4 Å². The molecule has 128 valence electrons. The summed E-state index contributed by atoms with van der Waals surface area (Å²) in [5.74, 6) is 0. The van der Waals surface area contributed by atoms with Gasteiger partial charge in [-0.25, -0.2) is 0 Å². The lowest BCUT2D eigenvalue weighted by atomic mass is 9.64. The molecule has 2 unspecified atom stereocenters. The van der Waals surface area contributed by atoms with Gasteiger partial charge in [0.15, 0.2) is 0 Å². The lowest BCUT2D eigenvalue weighted by Crippen LogP contribution is -2.39. The van der Waals surface area contributed by atoms with Crippen molar-refractivity contribution in [1.82, 2.24) is 4.90 Å². The molecule has 0 aliphatic rings. The highest BCUT2D eigenvalue weighted by Gasteiger charge is 2.35. The summed E-state index contributed by atoms with van der Waals surface area (Å²) in [5, 5.41) is 0. The first kappa shape index (κ1) is 20.9. The van der Waals surface area contributed by atoms with Crippen LogP contribution in [0.3, 0.4) is 0 Å². The van der Waals surface area contributed by atoms with Crippen LogP contribution in [0.1, 0.15) is 87.0 Å². The van der Waals surface area contributed by atoms with Crippen LogP contribution < -0.4 is 0 Å². The smallest absolute Gasteiger partial charge is 0.107 e. The maximum absolute atomic E-state index is 5.96. The largest absolute Gasteiger partial charge is 0.363 e. The molecule has 0 heterocycles. The molecule has 0 N–H and O–H groups in total. The van der Waals surface area contributed by atoms with Gasteiger partial charge in [-0.3, -0.25) is 4.90 Å². The maximum Gasteiger partial charge on any atom is 0.107 e. The molecule has 2 heteroatoms. The topological polar surface area (TPSA) is 12.5 Å². The van der Waals surface area contributed by atoms with Crippen molar-refractivity contribution in [3.8, 4) is 0 Å². The Bertz CT molecular complexity index is 259. The zero-order chi connectivity index (χ0) is 16.5. The van der Waals surface area contributed by atoms with Crippen molar-refractivity contribution in [3.63, 3.8) is 0 Å². The normalized spacial score (nSPS) is 17.0. The van der Waals surface area contributed by atoms with Crippen LogP contribution in [0.5, 0.6) is 0 Å². The number of rotatable bonds is 11. The zero-order valence-electron chi connectivity index (χ0n) is 16.1. The fourth-order valence-corrected chi connectivity index (χ4v) is 2.60. The van der Waals surface area contributed by atoms with Crippen molar-refractivity contribution >= 4 is 0 Å². The van der Waals surface area contributed by atoms with Gasteiger partial charge in [0.2, 0.25) is 0 Å². The van der Waals surface area contributed by atoms with Gasteiger partial charge in [0.1, 0.15) is 6.23 Å². The summed E-state index contributed by atoms with van der Waals surface area (Å²) < 4.78 is 5.96. The monoisotopic (exact) mass is 299 g/mol. The molecule has 0 saturated heterocycles. The molecule has 0 aromatic carbocycles. The van der Waals surface area contributed by atoms with E-state index < -0.39 is 0 Å². The van der Waals surface area contributed by atoms with Crippen molar-refractivity contribution in [2.75, 3.05) is 20.2 Å². The Hall–Kier alpha value is -0.0800. The fourth-order valence-electron chi connectivity index (χ4n) is 2.60. The third-order valence-electron chi connectivity index (χ3n) is 5.58. The second kappa shape index (κ2) is 9.84. The molecule has 0 radical (unpaired) electrons. The third-order valence-corrected chi connectivity index (χ3v) is 5.58. The lowest BCUT2D eigenvalue weighted by molar-refractivity contribution is -0.0454. The van der Waals surface area contributed by atoms with Crippen LogP contribution in [-0.2, 0) is 4.74 Å². The molecule has 0 aliphatic heterocycles. The number of nitrogens with zero attached hydrogens (tertiary/aromatic N) is 1. The van der Waals surface area contributed by atoms with E-state index in [-0.39, 0.29) is 6.23 Å². The Labute approximate surface area is 134 Å². The van der Waals surface area contributed by atoms with E-state index in [9.17, 15) is 0 Å². The summed E-state index contributed by atoms with van der Waals surface area (Å²) in [6.07, 6.45) is 7.80. The fraction of sp³-hybridized carbons (Fsp3) is 1.00. The second-order valence-corrected chi connectivity index (χ2v) is 7.93. The van der Waals surface area contributed by atoms with Crippen LogP contribution >= 0.6 is 0 Å². The van der Waals surface area contributed by atoms with Crippen LogP contribution in [0.25, 0.3) is 0 Å². The summed E-state index contributed by atoms with van der Waals surface area (Å²) >= 11 is 0. The van der Waals surface area contributed by atoms with Crippen molar-refractivity contribution in [2.45, 2.75) is 93.2 Å². The lowest BCUT2D eigenvalue weighted by Gasteiger charge is -2.43. The number of hydrogen-bond donors (Lipinski definition) is 0. The van der Waals surface area contributed by atoms with Gasteiger partial charge in [0.05, 0.1) is 0 Å². The Morgan fingerprint density at radius 1 is 1.00 bits per heavy atom. The highest BCUT2D eigenvalue weighted by atomic mass is 16.5. The minimum Gasteiger partial charge on any atom is -0.363 e. The first-order chi connectivity index (χ1) is 9.68. The zero-order valence-corrected chi connectivity index (χ0v) is 16.1. The summed E-state index contributed by atoms with van der Waals surface area (Å²) in [6, 6.07) is 0. The molecule has 2 nitrogen and oxygen atoms in total. The van der Waals surface area contributed by atoms with Crippen molar-refractivity contribution < 1.29 is 4.74 Å². The van der Waals surface area contributed by atoms with Gasteiger partial charge in [-0.05, 0) is 37.6 Å². The molecular formula is C19H41NO. The molecule has 0 bridgehead atoms. The van der Waals surface area contributed by atoms with Crippen molar-refractivity contribution in [3.05, 3.63) is 0 Å². The van der Waals surface area contributed by atoms with E-state index >= 15 is 0 Å². The molecule has 0 fully saturated rings. The Kier molecular flexibility index (Phi) is 9.80. The summed E-state index contributed by atoms with van der Waals surface area (Å²) in [5.41, 5.74) is 0.745. The first-order valence-electron chi connectivity index (χ1n) is 8.99. The number of hydrogen-bond acceptors (Lipinski definition) is 2. The minimum atomic E-state index is 0.229. The Balaban J connectivity index is 4.09. The van der Waals surface area contributed by atoms with E-state index in [1.165, 1.54) is 38.5 Å². The summed E-state index contributed by atoms with van der Waals surface area (Å²) in [6.45, 7) is 18.3. The van der Waals surface area contributed by atoms with Gasteiger partial charge < -0.3 is 4.74 Å². The van der Waals surface area contributed by atoms with Crippen molar-refractivity contribution in [2.24, 2.45) is 10.8 Å². The SMILES string of the molecule is CCCCCCOC(C)N(C)CCC(C)(CC)C(C)(C)C. The molecule has 21 heavy (non-hydrogen) atoms. The van der Waals surface area contributed by atoms with Crippen LogP contribution in [0.4, 0.5) is 0 Å². The molecule has 0 rings (SSSR count). The summed E-state index contributed by atoms with van der Waals surface area (Å²) in [4.78, 5) is 2.36. The summed E-state index contributed by atoms with van der Waals surface area (Å²) in [7, 11) is 2.19. The van der Waals surface area contributed by atoms with Crippen LogP contribution in [0.15, 0.2) is 0 Å². The van der Waals surface area contributed by atoms with Gasteiger partial charge in [0.25, 0.3) is 0 Å². The van der Waals surface area contributed by atoms with Gasteiger partial charge in [0, 0.05) is 13.2 Å². The molecule has 0 amide bonds. The van der Waals surface area contributed by atoms with Crippen LogP contribution in [0, 0.1) is 10.8 Å². The quantitative estimate of drug-likeness (QED) is 0.358. The third kappa shape index (κ3) is 7.65. The second-order valence-electron chi connectivity index (χ2n) is 7.93. The minimum absolute atomic E-state index is 0.229.